The van der Waals surface area contributed by atoms with Gasteiger partial charge >= 0.3 is 0 Å². The molecule has 0 radical (unpaired) electrons. The van der Waals surface area contributed by atoms with Crippen molar-refractivity contribution in [2.24, 2.45) is 0 Å². The maximum Gasteiger partial charge on any atom is 0.219 e. The Balaban J connectivity index is 2.38. The molecule has 4 heteroatoms. The van der Waals surface area contributed by atoms with E-state index >= 15 is 0 Å². The van der Waals surface area contributed by atoms with Crippen LogP contribution >= 0.6 is 15.9 Å². The predicted molar refractivity (Wildman–Crippen MR) is 87.8 cm³/mol. The fraction of sp³-hybridized carbons (Fsp3) is 0.353. The topological polar surface area (TPSA) is 42.4 Å². The summed E-state index contributed by atoms with van der Waals surface area (Å²) in [5.74, 6) is 1.68. The number of halogens is 1. The molecule has 21 heavy (non-hydrogen) atoms. The van der Waals surface area contributed by atoms with Crippen LogP contribution in [0.25, 0.3) is 0 Å². The number of aliphatic hydroxyl groups excluding tert-OH is 1. The van der Waals surface area contributed by atoms with Gasteiger partial charge in [-0.25, -0.2) is 4.98 Å². The molecular weight excluding hydrogens is 330 g/mol. The molecule has 0 saturated carbocycles. The highest BCUT2D eigenvalue weighted by molar-refractivity contribution is 9.10. The molecule has 112 valence electrons. The molecule has 0 atom stereocenters. The number of aryl methyl sites for hydroxylation is 1. The number of benzene rings is 1. The summed E-state index contributed by atoms with van der Waals surface area (Å²) in [4.78, 5) is 4.47. The van der Waals surface area contributed by atoms with E-state index in [-0.39, 0.29) is 6.61 Å². The first-order valence-corrected chi connectivity index (χ1v) is 7.90. The standard InChI is InChI=1S/C17H20BrNO2/c1-4-14-7-12(10-20)8-17(19-14)21-16-6-5-13(18)9-15(16)11(2)3/h5-9,11,20H,4,10H2,1-3H3. The van der Waals surface area contributed by atoms with Gasteiger partial charge in [0.25, 0.3) is 0 Å². The molecule has 1 N–H and O–H groups in total. The van der Waals surface area contributed by atoms with E-state index < -0.39 is 0 Å². The van der Waals surface area contributed by atoms with Crippen LogP contribution in [0.2, 0.25) is 0 Å². The Hall–Kier alpha value is -1.39. The lowest BCUT2D eigenvalue weighted by Gasteiger charge is -2.14. The minimum atomic E-state index is -0.0107. The number of ether oxygens (including phenoxy) is 1. The second-order valence-corrected chi connectivity index (χ2v) is 6.17. The smallest absolute Gasteiger partial charge is 0.219 e. The van der Waals surface area contributed by atoms with E-state index in [4.69, 9.17) is 4.74 Å². The van der Waals surface area contributed by atoms with E-state index in [1.165, 1.54) is 0 Å². The van der Waals surface area contributed by atoms with Crippen LogP contribution in [0.5, 0.6) is 11.6 Å². The Labute approximate surface area is 134 Å². The number of aliphatic hydroxyl groups is 1. The van der Waals surface area contributed by atoms with E-state index in [0.29, 0.717) is 11.8 Å². The van der Waals surface area contributed by atoms with Crippen LogP contribution in [0, 0.1) is 0 Å². The SMILES string of the molecule is CCc1cc(CO)cc(Oc2ccc(Br)cc2C(C)C)n1. The molecule has 0 bridgehead atoms. The Kier molecular flexibility index (Phi) is 5.37. The summed E-state index contributed by atoms with van der Waals surface area (Å²) in [6, 6.07) is 9.65. The van der Waals surface area contributed by atoms with Gasteiger partial charge in [0.1, 0.15) is 5.75 Å². The summed E-state index contributed by atoms with van der Waals surface area (Å²) in [7, 11) is 0. The molecule has 1 aromatic heterocycles. The largest absolute Gasteiger partial charge is 0.439 e. The van der Waals surface area contributed by atoms with Gasteiger partial charge in [-0.2, -0.15) is 0 Å². The Bertz CT molecular complexity index is 604. The molecule has 0 spiro atoms. The van der Waals surface area contributed by atoms with Gasteiger partial charge in [0.15, 0.2) is 0 Å². The van der Waals surface area contributed by atoms with Gasteiger partial charge in [-0.1, -0.05) is 36.7 Å². The molecule has 0 aliphatic rings. The van der Waals surface area contributed by atoms with Gasteiger partial charge in [0.2, 0.25) is 5.88 Å². The van der Waals surface area contributed by atoms with Crippen LogP contribution in [0.4, 0.5) is 0 Å². The summed E-state index contributed by atoms with van der Waals surface area (Å²) >= 11 is 3.49. The van der Waals surface area contributed by atoms with Crippen LogP contribution in [-0.4, -0.2) is 10.1 Å². The van der Waals surface area contributed by atoms with Crippen LogP contribution in [0.1, 0.15) is 43.5 Å². The van der Waals surface area contributed by atoms with Crippen molar-refractivity contribution in [1.29, 1.82) is 0 Å². The first-order valence-electron chi connectivity index (χ1n) is 7.11. The normalized spacial score (nSPS) is 11.0. The summed E-state index contributed by atoms with van der Waals surface area (Å²) in [6.45, 7) is 6.28. The molecule has 2 aromatic rings. The first kappa shape index (κ1) is 16.0. The van der Waals surface area contributed by atoms with Crippen LogP contribution in [0.15, 0.2) is 34.8 Å². The van der Waals surface area contributed by atoms with Crippen molar-refractivity contribution in [3.05, 3.63) is 51.6 Å². The average Bonchev–Trinajstić information content (AvgIpc) is 2.48. The van der Waals surface area contributed by atoms with Crippen molar-refractivity contribution < 1.29 is 9.84 Å². The van der Waals surface area contributed by atoms with E-state index in [1.807, 2.05) is 25.1 Å². The van der Waals surface area contributed by atoms with E-state index in [0.717, 1.165) is 33.5 Å². The number of pyridine rings is 1. The van der Waals surface area contributed by atoms with Crippen LogP contribution in [-0.2, 0) is 13.0 Å². The van der Waals surface area contributed by atoms with Crippen molar-refractivity contribution in [2.75, 3.05) is 0 Å². The third kappa shape index (κ3) is 4.05. The van der Waals surface area contributed by atoms with Gasteiger partial charge in [0.05, 0.1) is 6.61 Å². The Morgan fingerprint density at radius 2 is 2.00 bits per heavy atom. The van der Waals surface area contributed by atoms with Crippen molar-refractivity contribution in [2.45, 2.75) is 39.7 Å². The molecule has 2 rings (SSSR count). The minimum Gasteiger partial charge on any atom is -0.439 e. The highest BCUT2D eigenvalue weighted by atomic mass is 79.9. The van der Waals surface area contributed by atoms with E-state index in [2.05, 4.69) is 40.8 Å². The third-order valence-corrected chi connectivity index (χ3v) is 3.76. The zero-order valence-electron chi connectivity index (χ0n) is 12.6. The fourth-order valence-corrected chi connectivity index (χ4v) is 2.50. The van der Waals surface area contributed by atoms with E-state index in [1.54, 1.807) is 6.07 Å². The highest BCUT2D eigenvalue weighted by Crippen LogP contribution is 2.32. The first-order chi connectivity index (χ1) is 10.0. The molecule has 3 nitrogen and oxygen atoms in total. The van der Waals surface area contributed by atoms with Crippen molar-refractivity contribution in [3.63, 3.8) is 0 Å². The molecule has 0 aliphatic carbocycles. The maximum atomic E-state index is 9.34. The summed E-state index contributed by atoms with van der Waals surface area (Å²) in [6.07, 6.45) is 0.807. The van der Waals surface area contributed by atoms with Crippen molar-refractivity contribution >= 4 is 15.9 Å². The van der Waals surface area contributed by atoms with Crippen molar-refractivity contribution in [3.8, 4) is 11.6 Å². The second kappa shape index (κ2) is 7.05. The molecule has 0 saturated heterocycles. The zero-order chi connectivity index (χ0) is 15.4. The molecule has 0 unspecified atom stereocenters. The molecular formula is C17H20BrNO2. The fourth-order valence-electron chi connectivity index (χ4n) is 2.12. The number of hydrogen-bond donors (Lipinski definition) is 1. The number of hydrogen-bond acceptors (Lipinski definition) is 3. The minimum absolute atomic E-state index is 0.0107. The Morgan fingerprint density at radius 1 is 1.24 bits per heavy atom. The number of nitrogens with zero attached hydrogens (tertiary/aromatic N) is 1. The molecule has 0 fully saturated rings. The number of rotatable bonds is 5. The predicted octanol–water partition coefficient (Wildman–Crippen LogP) is 4.81. The molecule has 1 aromatic carbocycles. The van der Waals surface area contributed by atoms with Gasteiger partial charge in [-0.3, -0.25) is 0 Å². The Morgan fingerprint density at radius 3 is 2.62 bits per heavy atom. The lowest BCUT2D eigenvalue weighted by molar-refractivity contribution is 0.280. The van der Waals surface area contributed by atoms with Crippen molar-refractivity contribution in [1.82, 2.24) is 4.98 Å². The quantitative estimate of drug-likeness (QED) is 0.841. The van der Waals surface area contributed by atoms with Gasteiger partial charge in [-0.05, 0) is 47.7 Å². The van der Waals surface area contributed by atoms with Crippen LogP contribution < -0.4 is 4.74 Å². The van der Waals surface area contributed by atoms with Gasteiger partial charge in [-0.15, -0.1) is 0 Å². The summed E-state index contributed by atoms with van der Waals surface area (Å²) in [5.41, 5.74) is 2.86. The monoisotopic (exact) mass is 349 g/mol. The second-order valence-electron chi connectivity index (χ2n) is 5.26. The zero-order valence-corrected chi connectivity index (χ0v) is 14.1. The molecule has 1 heterocycles. The third-order valence-electron chi connectivity index (χ3n) is 3.27. The lowest BCUT2D eigenvalue weighted by Crippen LogP contribution is -1.99. The molecule has 0 aliphatic heterocycles. The summed E-state index contributed by atoms with van der Waals surface area (Å²) in [5, 5.41) is 9.34. The molecule has 0 amide bonds. The highest BCUT2D eigenvalue weighted by Gasteiger charge is 2.11. The van der Waals surface area contributed by atoms with Crippen LogP contribution in [0.3, 0.4) is 0 Å². The van der Waals surface area contributed by atoms with Gasteiger partial charge in [0, 0.05) is 16.2 Å². The maximum absolute atomic E-state index is 9.34. The summed E-state index contributed by atoms with van der Waals surface area (Å²) < 4.78 is 7.00. The average molecular weight is 350 g/mol. The lowest BCUT2D eigenvalue weighted by atomic mass is 10.0. The van der Waals surface area contributed by atoms with Gasteiger partial charge < -0.3 is 9.84 Å². The van der Waals surface area contributed by atoms with E-state index in [9.17, 15) is 5.11 Å². The number of aromatic nitrogens is 1.